The lowest BCUT2D eigenvalue weighted by Crippen LogP contribution is -2.21. The van der Waals surface area contributed by atoms with Crippen LogP contribution in [0, 0.1) is 21.4 Å². The highest BCUT2D eigenvalue weighted by Crippen LogP contribution is 2.52. The van der Waals surface area contributed by atoms with Crippen LogP contribution in [-0.4, -0.2) is 24.9 Å². The van der Waals surface area contributed by atoms with Gasteiger partial charge in [0, 0.05) is 49.2 Å². The molecule has 2 aliphatic heterocycles. The molecule has 10 rings (SSSR count). The molecular weight excluding hydrogens is 741 g/mol. The smallest absolute Gasteiger partial charge is 0.265 e. The predicted molar refractivity (Wildman–Crippen MR) is 239 cm³/mol. The Hall–Kier alpha value is -8.15. The zero-order valence-corrected chi connectivity index (χ0v) is 32.2. The highest BCUT2D eigenvalue weighted by Gasteiger charge is 2.49. The Labute approximate surface area is 346 Å². The van der Waals surface area contributed by atoms with E-state index in [4.69, 9.17) is 9.97 Å². The fourth-order valence-electron chi connectivity index (χ4n) is 8.81. The Balaban J connectivity index is 1.45. The minimum atomic E-state index is -1.39. The summed E-state index contributed by atoms with van der Waals surface area (Å²) in [5.74, 6) is -1.89. The summed E-state index contributed by atoms with van der Waals surface area (Å²) in [4.78, 5) is 31.9. The first kappa shape index (κ1) is 36.2. The van der Waals surface area contributed by atoms with Gasteiger partial charge in [-0.25, -0.2) is 9.97 Å². The van der Waals surface area contributed by atoms with E-state index in [1.807, 2.05) is 158 Å². The van der Waals surface area contributed by atoms with Gasteiger partial charge in [0.15, 0.2) is 0 Å². The molecule has 0 amide bonds. The van der Waals surface area contributed by atoms with Gasteiger partial charge in [0.25, 0.3) is 6.04 Å². The molecule has 0 spiro atoms. The molecule has 0 saturated carbocycles. The van der Waals surface area contributed by atoms with Crippen molar-refractivity contribution in [1.29, 1.82) is 5.26 Å². The standard InChI is InChI=1S/C52H36N6O2/c53-32-38(33-16-6-1-7-17-33)49-50-47(36-22-12-4-13-23-36)43-30-28-41(55-43)45(34-18-8-2-9-19-34)39-26-27-40(54-39)46(35-20-10-3-11-21-35)42-29-31-44(56-42)48(37-24-14-5-15-25-37)51(57-50)52(49)58(59)60/h1-31,38,49,52,55-56H/t38?,49-,52+/m0/s1. The van der Waals surface area contributed by atoms with Crippen LogP contribution in [0.15, 0.2) is 176 Å². The van der Waals surface area contributed by atoms with Crippen LogP contribution >= 0.6 is 0 Å². The van der Waals surface area contributed by atoms with Gasteiger partial charge in [0.2, 0.25) is 0 Å². The van der Waals surface area contributed by atoms with Crippen molar-refractivity contribution in [3.8, 4) is 50.6 Å². The maximum atomic E-state index is 13.9. The highest BCUT2D eigenvalue weighted by atomic mass is 16.6. The molecule has 0 radical (unpaired) electrons. The molecule has 5 aromatic carbocycles. The third kappa shape index (κ3) is 6.35. The van der Waals surface area contributed by atoms with E-state index < -0.39 is 17.9 Å². The van der Waals surface area contributed by atoms with Crippen LogP contribution in [0.5, 0.6) is 0 Å². The molecule has 5 heterocycles. The van der Waals surface area contributed by atoms with Crippen LogP contribution < -0.4 is 0 Å². The average Bonchev–Trinajstić information content (AvgIpc) is 4.13. The first-order valence-corrected chi connectivity index (χ1v) is 19.8. The molecule has 8 aromatic rings. The summed E-state index contributed by atoms with van der Waals surface area (Å²) in [7, 11) is 0. The number of benzene rings is 5. The first-order chi connectivity index (χ1) is 29.6. The largest absolute Gasteiger partial charge is 0.354 e. The van der Waals surface area contributed by atoms with Gasteiger partial charge in [-0.05, 0) is 64.2 Å². The topological polar surface area (TPSA) is 124 Å². The Morgan fingerprint density at radius 3 is 1.27 bits per heavy atom. The van der Waals surface area contributed by atoms with Crippen molar-refractivity contribution >= 4 is 34.2 Å². The summed E-state index contributed by atoms with van der Waals surface area (Å²) in [6.07, 6.45) is 4.11. The number of nitrogens with zero attached hydrogens (tertiary/aromatic N) is 4. The number of nitro groups is 1. The van der Waals surface area contributed by atoms with E-state index in [2.05, 4.69) is 46.4 Å². The summed E-state index contributed by atoms with van der Waals surface area (Å²) < 4.78 is 0. The molecule has 60 heavy (non-hydrogen) atoms. The molecule has 286 valence electrons. The molecule has 8 nitrogen and oxygen atoms in total. The van der Waals surface area contributed by atoms with Crippen LogP contribution in [0.1, 0.15) is 46.2 Å². The molecule has 8 heteroatoms. The molecule has 3 aromatic heterocycles. The lowest BCUT2D eigenvalue weighted by molar-refractivity contribution is -0.532. The lowest BCUT2D eigenvalue weighted by atomic mass is 9.78. The zero-order valence-electron chi connectivity index (χ0n) is 32.2. The van der Waals surface area contributed by atoms with Gasteiger partial charge < -0.3 is 9.97 Å². The van der Waals surface area contributed by atoms with Crippen molar-refractivity contribution in [3.05, 3.63) is 214 Å². The summed E-state index contributed by atoms with van der Waals surface area (Å²) in [6.45, 7) is 0. The van der Waals surface area contributed by atoms with Crippen LogP contribution in [0.2, 0.25) is 0 Å². The third-order valence-corrected chi connectivity index (χ3v) is 11.4. The molecule has 3 atom stereocenters. The number of aromatic nitrogens is 4. The number of nitrogens with one attached hydrogen (secondary N) is 2. The Kier molecular flexibility index (Phi) is 9.24. The molecule has 2 N–H and O–H groups in total. The minimum absolute atomic E-state index is 0.259. The number of nitriles is 1. The summed E-state index contributed by atoms with van der Waals surface area (Å²) in [6, 6.07) is 58.3. The van der Waals surface area contributed by atoms with E-state index in [0.29, 0.717) is 33.4 Å². The number of rotatable bonds is 7. The Morgan fingerprint density at radius 1 is 0.500 bits per heavy atom. The van der Waals surface area contributed by atoms with Crippen LogP contribution in [0.25, 0.3) is 78.7 Å². The normalized spacial score (nSPS) is 15.0. The lowest BCUT2D eigenvalue weighted by Gasteiger charge is -2.21. The first-order valence-electron chi connectivity index (χ1n) is 19.8. The van der Waals surface area contributed by atoms with Crippen molar-refractivity contribution in [2.24, 2.45) is 0 Å². The zero-order chi connectivity index (χ0) is 40.6. The fraction of sp³-hybridized carbons (Fsp3) is 0.0577. The van der Waals surface area contributed by atoms with Crippen LogP contribution in [0.3, 0.4) is 0 Å². The molecule has 8 bridgehead atoms. The average molecular weight is 777 g/mol. The Bertz CT molecular complexity index is 3140. The molecule has 2 aliphatic rings. The number of fused-ring (bicyclic) bond motifs is 8. The number of hydrogen-bond acceptors (Lipinski definition) is 5. The van der Waals surface area contributed by atoms with Gasteiger partial charge >= 0.3 is 0 Å². The van der Waals surface area contributed by atoms with Crippen molar-refractivity contribution in [2.75, 3.05) is 0 Å². The van der Waals surface area contributed by atoms with Crippen molar-refractivity contribution in [3.63, 3.8) is 0 Å². The molecule has 0 aliphatic carbocycles. The second kappa shape index (κ2) is 15.3. The maximum absolute atomic E-state index is 13.9. The van der Waals surface area contributed by atoms with Gasteiger partial charge in [-0.3, -0.25) is 10.1 Å². The maximum Gasteiger partial charge on any atom is 0.265 e. The quantitative estimate of drug-likeness (QED) is 0.123. The molecule has 0 saturated heterocycles. The van der Waals surface area contributed by atoms with Crippen LogP contribution in [-0.2, 0) is 0 Å². The van der Waals surface area contributed by atoms with E-state index >= 15 is 0 Å². The van der Waals surface area contributed by atoms with Crippen molar-refractivity contribution in [1.82, 2.24) is 19.9 Å². The summed E-state index contributed by atoms with van der Waals surface area (Å²) in [5.41, 5.74) is 12.5. The molecule has 0 fully saturated rings. The monoisotopic (exact) mass is 776 g/mol. The van der Waals surface area contributed by atoms with E-state index in [1.165, 1.54) is 0 Å². The van der Waals surface area contributed by atoms with Gasteiger partial charge in [0.1, 0.15) is 5.69 Å². The number of hydrogen-bond donors (Lipinski definition) is 2. The van der Waals surface area contributed by atoms with Crippen molar-refractivity contribution < 1.29 is 4.92 Å². The summed E-state index contributed by atoms with van der Waals surface area (Å²) in [5, 5.41) is 25.0. The Morgan fingerprint density at radius 2 is 0.867 bits per heavy atom. The van der Waals surface area contributed by atoms with Gasteiger partial charge in [-0.2, -0.15) is 5.26 Å². The van der Waals surface area contributed by atoms with E-state index in [-0.39, 0.29) is 10.6 Å². The predicted octanol–water partition coefficient (Wildman–Crippen LogP) is 12.6. The van der Waals surface area contributed by atoms with Crippen molar-refractivity contribution in [2.45, 2.75) is 17.9 Å². The van der Waals surface area contributed by atoms with Crippen LogP contribution in [0.4, 0.5) is 0 Å². The number of aromatic amines is 2. The van der Waals surface area contributed by atoms with E-state index in [1.54, 1.807) is 0 Å². The summed E-state index contributed by atoms with van der Waals surface area (Å²) >= 11 is 0. The van der Waals surface area contributed by atoms with Gasteiger partial charge in [-0.1, -0.05) is 152 Å². The number of H-pyrrole nitrogens is 2. The van der Waals surface area contributed by atoms with Gasteiger partial charge in [0.05, 0.1) is 35.0 Å². The third-order valence-electron chi connectivity index (χ3n) is 11.4. The molecule has 1 unspecified atom stereocenters. The van der Waals surface area contributed by atoms with E-state index in [9.17, 15) is 15.4 Å². The second-order valence-corrected chi connectivity index (χ2v) is 14.9. The second-order valence-electron chi connectivity index (χ2n) is 14.9. The minimum Gasteiger partial charge on any atom is -0.354 e. The fourth-order valence-corrected chi connectivity index (χ4v) is 8.81. The highest BCUT2D eigenvalue weighted by molar-refractivity contribution is 5.97. The SMILES string of the molecule is N#CC(c1ccccc1)[C@H]1c2nc(c(-c3ccccc3)c3ccc([nH]3)c(-c3ccccc3)c3nc(c(-c4ccccc4)c4ccc([nH]4)c2-c2ccccc2)C=C3)[C@@H]1[N+](=O)[O-]. The van der Waals surface area contributed by atoms with Gasteiger partial charge in [-0.15, -0.1) is 0 Å². The molecular formula is C52H36N6O2. The van der Waals surface area contributed by atoms with E-state index in [0.717, 1.165) is 55.8 Å².